The molecule has 1 aromatic carbocycles. The van der Waals surface area contributed by atoms with E-state index in [1.807, 2.05) is 32.9 Å². The normalized spacial score (nSPS) is 11.1. The number of carbonyl (C=O) groups excluding carboxylic acids is 1. The fourth-order valence-corrected chi connectivity index (χ4v) is 1.30. The molecule has 0 bridgehead atoms. The van der Waals surface area contributed by atoms with Gasteiger partial charge in [-0.15, -0.1) is 0 Å². The minimum atomic E-state index is -0.310. The summed E-state index contributed by atoms with van der Waals surface area (Å²) in [5.74, 6) is 0.547. The molecule has 0 saturated heterocycles. The Balaban J connectivity index is 2.15. The second kappa shape index (κ2) is 6.99. The van der Waals surface area contributed by atoms with E-state index in [2.05, 4.69) is 5.32 Å². The molecule has 5 nitrogen and oxygen atoms in total. The Morgan fingerprint density at radius 2 is 2.11 bits per heavy atom. The van der Waals surface area contributed by atoms with Crippen molar-refractivity contribution in [1.29, 1.82) is 0 Å². The fraction of sp³-hybridized carbons (Fsp3) is 0.500. The maximum Gasteiger partial charge on any atom is 0.246 e. The third-order valence-corrected chi connectivity index (χ3v) is 2.19. The highest BCUT2D eigenvalue weighted by atomic mass is 16.5. The van der Waals surface area contributed by atoms with E-state index < -0.39 is 0 Å². The number of nitrogen functional groups attached to an aromatic ring is 1. The molecule has 1 rings (SSSR count). The maximum atomic E-state index is 11.4. The van der Waals surface area contributed by atoms with Gasteiger partial charge in [0.25, 0.3) is 0 Å². The van der Waals surface area contributed by atoms with Gasteiger partial charge in [0.05, 0.1) is 12.1 Å². The first-order valence-electron chi connectivity index (χ1n) is 6.26. The molecule has 0 spiro atoms. The summed E-state index contributed by atoms with van der Waals surface area (Å²) in [4.78, 5) is 11.4. The quantitative estimate of drug-likeness (QED) is 0.605. The highest BCUT2D eigenvalue weighted by Gasteiger charge is 2.12. The van der Waals surface area contributed by atoms with Crippen LogP contribution in [0.4, 0.5) is 5.69 Å². The number of nitrogens with one attached hydrogen (secondary N) is 1. The van der Waals surface area contributed by atoms with Gasteiger partial charge in [-0.25, -0.2) is 0 Å². The van der Waals surface area contributed by atoms with Crippen LogP contribution < -0.4 is 15.8 Å². The summed E-state index contributed by atoms with van der Waals surface area (Å²) < 4.78 is 10.8. The van der Waals surface area contributed by atoms with E-state index in [4.69, 9.17) is 15.2 Å². The lowest BCUT2D eigenvalue weighted by Gasteiger charge is -2.19. The molecule has 0 aliphatic carbocycles. The van der Waals surface area contributed by atoms with Crippen LogP contribution >= 0.6 is 0 Å². The number of hydrogen-bond donors (Lipinski definition) is 2. The molecule has 5 heteroatoms. The van der Waals surface area contributed by atoms with Gasteiger partial charge in [-0.2, -0.15) is 0 Å². The summed E-state index contributed by atoms with van der Waals surface area (Å²) in [6.45, 7) is 6.60. The van der Waals surface area contributed by atoms with E-state index in [0.29, 0.717) is 24.6 Å². The Morgan fingerprint density at radius 1 is 1.37 bits per heavy atom. The Labute approximate surface area is 114 Å². The van der Waals surface area contributed by atoms with Gasteiger partial charge in [0, 0.05) is 11.8 Å². The summed E-state index contributed by atoms with van der Waals surface area (Å²) in [6, 6.07) is 7.17. The largest absolute Gasteiger partial charge is 0.492 e. The summed E-state index contributed by atoms with van der Waals surface area (Å²) in [6.07, 6.45) is 0. The molecule has 0 radical (unpaired) electrons. The van der Waals surface area contributed by atoms with Gasteiger partial charge in [-0.3, -0.25) is 4.79 Å². The number of anilines is 1. The molecule has 0 fully saturated rings. The number of nitrogens with two attached hydrogens (primary N) is 1. The first-order valence-corrected chi connectivity index (χ1v) is 6.26. The van der Waals surface area contributed by atoms with Crippen LogP contribution in [-0.2, 0) is 9.53 Å². The highest BCUT2D eigenvalue weighted by Crippen LogP contribution is 2.13. The zero-order valence-corrected chi connectivity index (χ0v) is 11.7. The molecular weight excluding hydrogens is 244 g/mol. The molecular formula is C14H22N2O3. The van der Waals surface area contributed by atoms with Crippen LogP contribution in [0.1, 0.15) is 20.8 Å². The minimum absolute atomic E-state index is 0.0573. The topological polar surface area (TPSA) is 73.6 Å². The minimum Gasteiger partial charge on any atom is -0.492 e. The van der Waals surface area contributed by atoms with Crippen LogP contribution in [0.5, 0.6) is 5.75 Å². The van der Waals surface area contributed by atoms with E-state index in [-0.39, 0.29) is 18.1 Å². The van der Waals surface area contributed by atoms with Gasteiger partial charge in [0.1, 0.15) is 19.0 Å². The van der Waals surface area contributed by atoms with Crippen LogP contribution in [0.3, 0.4) is 0 Å². The van der Waals surface area contributed by atoms with Gasteiger partial charge in [-0.05, 0) is 32.9 Å². The van der Waals surface area contributed by atoms with E-state index in [1.54, 1.807) is 12.1 Å². The van der Waals surface area contributed by atoms with Crippen molar-refractivity contribution < 1.29 is 14.3 Å². The monoisotopic (exact) mass is 266 g/mol. The molecule has 0 unspecified atom stereocenters. The third-order valence-electron chi connectivity index (χ3n) is 2.19. The zero-order valence-electron chi connectivity index (χ0n) is 11.7. The number of rotatable bonds is 6. The van der Waals surface area contributed by atoms with Crippen molar-refractivity contribution in [3.05, 3.63) is 24.3 Å². The molecule has 0 aliphatic heterocycles. The molecule has 19 heavy (non-hydrogen) atoms. The first-order chi connectivity index (χ1) is 8.87. The molecule has 0 saturated carbocycles. The molecule has 0 atom stereocenters. The second-order valence-corrected chi connectivity index (χ2v) is 5.17. The SMILES string of the molecule is CC(C)(C)OCC(=O)NCCOc1cccc(N)c1. The lowest BCUT2D eigenvalue weighted by Crippen LogP contribution is -2.34. The van der Waals surface area contributed by atoms with Gasteiger partial charge in [-0.1, -0.05) is 6.07 Å². The Kier molecular flexibility index (Phi) is 5.63. The number of ether oxygens (including phenoxy) is 2. The molecule has 1 aromatic rings. The summed E-state index contributed by atoms with van der Waals surface area (Å²) in [5, 5.41) is 2.72. The van der Waals surface area contributed by atoms with Crippen LogP contribution in [0.2, 0.25) is 0 Å². The molecule has 106 valence electrons. The van der Waals surface area contributed by atoms with Crippen LogP contribution in [0.15, 0.2) is 24.3 Å². The molecule has 1 amide bonds. The van der Waals surface area contributed by atoms with Crippen LogP contribution in [0.25, 0.3) is 0 Å². The van der Waals surface area contributed by atoms with Crippen LogP contribution in [0, 0.1) is 0 Å². The summed E-state index contributed by atoms with van der Waals surface area (Å²) in [5.41, 5.74) is 5.97. The Morgan fingerprint density at radius 3 is 2.74 bits per heavy atom. The summed E-state index contributed by atoms with van der Waals surface area (Å²) >= 11 is 0. The van der Waals surface area contributed by atoms with Crippen molar-refractivity contribution in [3.63, 3.8) is 0 Å². The average Bonchev–Trinajstić information content (AvgIpc) is 2.31. The molecule has 0 aromatic heterocycles. The number of amides is 1. The molecule has 3 N–H and O–H groups in total. The zero-order chi connectivity index (χ0) is 14.3. The van der Waals surface area contributed by atoms with Gasteiger partial charge in [0.15, 0.2) is 0 Å². The van der Waals surface area contributed by atoms with Gasteiger partial charge >= 0.3 is 0 Å². The van der Waals surface area contributed by atoms with Crippen molar-refractivity contribution in [2.24, 2.45) is 0 Å². The first kappa shape index (κ1) is 15.3. The van der Waals surface area contributed by atoms with E-state index in [0.717, 1.165) is 0 Å². The van der Waals surface area contributed by atoms with Crippen molar-refractivity contribution in [2.45, 2.75) is 26.4 Å². The van der Waals surface area contributed by atoms with Crippen molar-refractivity contribution >= 4 is 11.6 Å². The van der Waals surface area contributed by atoms with Crippen molar-refractivity contribution in [3.8, 4) is 5.75 Å². The van der Waals surface area contributed by atoms with Crippen LogP contribution in [-0.4, -0.2) is 31.3 Å². The van der Waals surface area contributed by atoms with Crippen molar-refractivity contribution in [2.75, 3.05) is 25.5 Å². The summed E-state index contributed by atoms with van der Waals surface area (Å²) in [7, 11) is 0. The van der Waals surface area contributed by atoms with Crippen molar-refractivity contribution in [1.82, 2.24) is 5.32 Å². The third kappa shape index (κ3) is 7.31. The van der Waals surface area contributed by atoms with E-state index in [9.17, 15) is 4.79 Å². The average molecular weight is 266 g/mol. The lowest BCUT2D eigenvalue weighted by molar-refractivity contribution is -0.130. The maximum absolute atomic E-state index is 11.4. The number of benzene rings is 1. The predicted molar refractivity (Wildman–Crippen MR) is 75.1 cm³/mol. The molecule has 0 aliphatic rings. The van der Waals surface area contributed by atoms with Gasteiger partial charge in [0.2, 0.25) is 5.91 Å². The van der Waals surface area contributed by atoms with E-state index in [1.165, 1.54) is 0 Å². The predicted octanol–water partition coefficient (Wildman–Crippen LogP) is 1.58. The Bertz CT molecular complexity index is 413. The van der Waals surface area contributed by atoms with Gasteiger partial charge < -0.3 is 20.5 Å². The fourth-order valence-electron chi connectivity index (χ4n) is 1.30. The Hall–Kier alpha value is -1.75. The lowest BCUT2D eigenvalue weighted by atomic mass is 10.2. The molecule has 0 heterocycles. The number of hydrogen-bond acceptors (Lipinski definition) is 4. The second-order valence-electron chi connectivity index (χ2n) is 5.17. The highest BCUT2D eigenvalue weighted by molar-refractivity contribution is 5.77. The standard InChI is InChI=1S/C14H22N2O3/c1-14(2,3)19-10-13(17)16-7-8-18-12-6-4-5-11(15)9-12/h4-6,9H,7-8,10,15H2,1-3H3,(H,16,17). The number of carbonyl (C=O) groups is 1. The van der Waals surface area contributed by atoms with E-state index >= 15 is 0 Å². The smallest absolute Gasteiger partial charge is 0.246 e.